The third kappa shape index (κ3) is 3.20. The first-order valence-electron chi connectivity index (χ1n) is 5.97. The lowest BCUT2D eigenvalue weighted by Gasteiger charge is -2.14. The fourth-order valence-corrected chi connectivity index (χ4v) is 3.59. The Morgan fingerprint density at radius 3 is 2.89 bits per heavy atom. The summed E-state index contributed by atoms with van der Waals surface area (Å²) in [6.45, 7) is 2.52. The summed E-state index contributed by atoms with van der Waals surface area (Å²) in [5.41, 5.74) is 0.633. The number of aryl methyl sites for hydroxylation is 1. The van der Waals surface area contributed by atoms with Crippen LogP contribution in [-0.2, 0) is 10.0 Å². The molecule has 0 aliphatic carbocycles. The topological polar surface area (TPSA) is 58.2 Å². The fraction of sp³-hybridized carbons (Fsp3) is 0.500. The summed E-state index contributed by atoms with van der Waals surface area (Å²) in [7, 11) is -3.52. The highest BCUT2D eigenvalue weighted by molar-refractivity contribution is 7.92. The number of sulfonamides is 1. The molecular weight excluding hydrogens is 255 g/mol. The zero-order valence-corrected chi connectivity index (χ0v) is 11.1. The van der Waals surface area contributed by atoms with Gasteiger partial charge in [0.25, 0.3) is 0 Å². The van der Waals surface area contributed by atoms with Gasteiger partial charge >= 0.3 is 0 Å². The number of rotatable bonds is 4. The summed E-state index contributed by atoms with van der Waals surface area (Å²) >= 11 is 0. The molecule has 0 aromatic heterocycles. The van der Waals surface area contributed by atoms with Crippen molar-refractivity contribution >= 4 is 15.7 Å². The van der Waals surface area contributed by atoms with E-state index in [1.54, 1.807) is 19.1 Å². The molecule has 1 aliphatic heterocycles. The van der Waals surface area contributed by atoms with E-state index in [2.05, 4.69) is 10.0 Å². The van der Waals surface area contributed by atoms with Crippen LogP contribution in [0.5, 0.6) is 0 Å². The molecule has 1 heterocycles. The van der Waals surface area contributed by atoms with Gasteiger partial charge in [0.05, 0.1) is 11.4 Å². The average molecular weight is 272 g/mol. The second kappa shape index (κ2) is 5.24. The summed E-state index contributed by atoms with van der Waals surface area (Å²) in [5.74, 6) is -0.557. The largest absolute Gasteiger partial charge is 0.313 e. The van der Waals surface area contributed by atoms with Gasteiger partial charge in [0.15, 0.2) is 0 Å². The third-order valence-electron chi connectivity index (χ3n) is 3.06. The molecule has 1 fully saturated rings. The van der Waals surface area contributed by atoms with Crippen LogP contribution in [0.3, 0.4) is 0 Å². The van der Waals surface area contributed by atoms with Gasteiger partial charge in [-0.2, -0.15) is 0 Å². The number of nitrogens with one attached hydrogen (secondary N) is 2. The van der Waals surface area contributed by atoms with Crippen molar-refractivity contribution in [3.8, 4) is 0 Å². The number of hydrogen-bond acceptors (Lipinski definition) is 3. The number of benzene rings is 1. The fourth-order valence-electron chi connectivity index (χ4n) is 2.12. The van der Waals surface area contributed by atoms with Gasteiger partial charge in [0.2, 0.25) is 10.0 Å². The molecule has 6 heteroatoms. The summed E-state index contributed by atoms with van der Waals surface area (Å²) in [6, 6.07) is 4.45. The minimum absolute atomic E-state index is 0.0131. The van der Waals surface area contributed by atoms with Crippen LogP contribution in [0.4, 0.5) is 10.1 Å². The van der Waals surface area contributed by atoms with E-state index in [1.165, 1.54) is 6.07 Å². The maximum absolute atomic E-state index is 13.6. The maximum Gasteiger partial charge on any atom is 0.234 e. The van der Waals surface area contributed by atoms with E-state index in [0.717, 1.165) is 19.4 Å². The van der Waals surface area contributed by atoms with E-state index in [-0.39, 0.29) is 17.5 Å². The third-order valence-corrected chi connectivity index (χ3v) is 4.42. The van der Waals surface area contributed by atoms with Crippen molar-refractivity contribution in [2.75, 3.05) is 17.0 Å². The zero-order chi connectivity index (χ0) is 13.2. The predicted molar refractivity (Wildman–Crippen MR) is 69.6 cm³/mol. The molecule has 1 aliphatic rings. The van der Waals surface area contributed by atoms with Gasteiger partial charge in [-0.1, -0.05) is 12.1 Å². The molecule has 0 spiro atoms. The second-order valence-corrected chi connectivity index (χ2v) is 6.38. The Labute approximate surface area is 107 Å². The first-order valence-corrected chi connectivity index (χ1v) is 7.62. The van der Waals surface area contributed by atoms with Crippen LogP contribution in [-0.4, -0.2) is 26.8 Å². The van der Waals surface area contributed by atoms with Crippen LogP contribution >= 0.6 is 0 Å². The highest BCUT2D eigenvalue weighted by atomic mass is 32.2. The molecule has 0 bridgehead atoms. The van der Waals surface area contributed by atoms with E-state index in [4.69, 9.17) is 0 Å². The van der Waals surface area contributed by atoms with Crippen molar-refractivity contribution in [2.24, 2.45) is 0 Å². The minimum Gasteiger partial charge on any atom is -0.313 e. The van der Waals surface area contributed by atoms with Crippen molar-refractivity contribution < 1.29 is 12.8 Å². The molecule has 1 aromatic rings. The predicted octanol–water partition coefficient (Wildman–Crippen LogP) is 1.63. The van der Waals surface area contributed by atoms with E-state index in [0.29, 0.717) is 5.56 Å². The van der Waals surface area contributed by atoms with E-state index >= 15 is 0 Å². The second-order valence-electron chi connectivity index (χ2n) is 4.61. The van der Waals surface area contributed by atoms with Crippen molar-refractivity contribution in [2.45, 2.75) is 25.8 Å². The van der Waals surface area contributed by atoms with Gasteiger partial charge in [-0.3, -0.25) is 4.72 Å². The summed E-state index contributed by atoms with van der Waals surface area (Å²) in [4.78, 5) is 0. The van der Waals surface area contributed by atoms with Crippen LogP contribution in [0.2, 0.25) is 0 Å². The zero-order valence-electron chi connectivity index (χ0n) is 10.2. The Morgan fingerprint density at radius 1 is 1.50 bits per heavy atom. The average Bonchev–Trinajstić information content (AvgIpc) is 2.75. The summed E-state index contributed by atoms with van der Waals surface area (Å²) in [5, 5.41) is 3.11. The van der Waals surface area contributed by atoms with Crippen LogP contribution in [0.15, 0.2) is 18.2 Å². The standard InChI is InChI=1S/C12H17FN2O2S/c1-9-4-2-6-11(13)12(9)15-18(16,17)8-10-5-3-7-14-10/h2,4,6,10,14-15H,3,5,7-8H2,1H3. The molecular formula is C12H17FN2O2S. The van der Waals surface area contributed by atoms with Crippen LogP contribution in [0.1, 0.15) is 18.4 Å². The number of hydrogen-bond donors (Lipinski definition) is 2. The summed E-state index contributed by atoms with van der Waals surface area (Å²) in [6.07, 6.45) is 1.83. The van der Waals surface area contributed by atoms with Crippen molar-refractivity contribution in [3.63, 3.8) is 0 Å². The Morgan fingerprint density at radius 2 is 2.28 bits per heavy atom. The van der Waals surface area contributed by atoms with Gasteiger partial charge in [-0.25, -0.2) is 12.8 Å². The van der Waals surface area contributed by atoms with Crippen LogP contribution in [0.25, 0.3) is 0 Å². The SMILES string of the molecule is Cc1cccc(F)c1NS(=O)(=O)CC1CCCN1. The molecule has 0 amide bonds. The minimum atomic E-state index is -3.52. The lowest BCUT2D eigenvalue weighted by atomic mass is 10.2. The van der Waals surface area contributed by atoms with E-state index < -0.39 is 15.8 Å². The Bertz CT molecular complexity index is 505. The van der Waals surface area contributed by atoms with Crippen molar-refractivity contribution in [3.05, 3.63) is 29.6 Å². The lowest BCUT2D eigenvalue weighted by molar-refractivity contribution is 0.580. The first-order chi connectivity index (χ1) is 8.48. The highest BCUT2D eigenvalue weighted by Gasteiger charge is 2.23. The molecule has 1 unspecified atom stereocenters. The number of halogens is 1. The smallest absolute Gasteiger partial charge is 0.234 e. The highest BCUT2D eigenvalue weighted by Crippen LogP contribution is 2.20. The molecule has 4 nitrogen and oxygen atoms in total. The van der Waals surface area contributed by atoms with Gasteiger partial charge in [-0.05, 0) is 37.9 Å². The van der Waals surface area contributed by atoms with Crippen LogP contribution in [0, 0.1) is 12.7 Å². The Balaban J connectivity index is 2.12. The molecule has 1 saturated heterocycles. The van der Waals surface area contributed by atoms with Gasteiger partial charge in [0.1, 0.15) is 5.82 Å². The normalized spacial score (nSPS) is 20.0. The molecule has 1 atom stereocenters. The van der Waals surface area contributed by atoms with Gasteiger partial charge < -0.3 is 5.32 Å². The number of para-hydroxylation sites is 1. The monoisotopic (exact) mass is 272 g/mol. The molecule has 1 aromatic carbocycles. The molecule has 18 heavy (non-hydrogen) atoms. The van der Waals surface area contributed by atoms with Crippen molar-refractivity contribution in [1.82, 2.24) is 5.32 Å². The Kier molecular flexibility index (Phi) is 3.87. The maximum atomic E-state index is 13.6. The molecule has 0 radical (unpaired) electrons. The number of anilines is 1. The van der Waals surface area contributed by atoms with E-state index in [9.17, 15) is 12.8 Å². The van der Waals surface area contributed by atoms with Crippen LogP contribution < -0.4 is 10.0 Å². The summed E-state index contributed by atoms with van der Waals surface area (Å²) < 4.78 is 39.8. The van der Waals surface area contributed by atoms with Crippen molar-refractivity contribution in [1.29, 1.82) is 0 Å². The Hall–Kier alpha value is -1.14. The molecule has 2 N–H and O–H groups in total. The molecule has 2 rings (SSSR count). The first kappa shape index (κ1) is 13.3. The molecule has 100 valence electrons. The quantitative estimate of drug-likeness (QED) is 0.876. The lowest BCUT2D eigenvalue weighted by Crippen LogP contribution is -2.33. The molecule has 0 saturated carbocycles. The van der Waals surface area contributed by atoms with E-state index in [1.807, 2.05) is 0 Å². The van der Waals surface area contributed by atoms with Gasteiger partial charge in [0, 0.05) is 6.04 Å². The van der Waals surface area contributed by atoms with Gasteiger partial charge in [-0.15, -0.1) is 0 Å².